The van der Waals surface area contributed by atoms with E-state index in [0.717, 1.165) is 33.9 Å². The number of rotatable bonds is 6. The number of hydrogen-bond donors (Lipinski definition) is 1. The van der Waals surface area contributed by atoms with E-state index in [0.29, 0.717) is 16.8 Å². The molecule has 0 bridgehead atoms. The third-order valence-corrected chi connectivity index (χ3v) is 7.40. The van der Waals surface area contributed by atoms with Crippen LogP contribution in [0.5, 0.6) is 0 Å². The molecule has 36 heavy (non-hydrogen) atoms. The summed E-state index contributed by atoms with van der Waals surface area (Å²) in [6.07, 6.45) is 3.77. The van der Waals surface area contributed by atoms with Gasteiger partial charge in [0, 0.05) is 11.8 Å². The van der Waals surface area contributed by atoms with Gasteiger partial charge in [0.05, 0.1) is 23.7 Å². The summed E-state index contributed by atoms with van der Waals surface area (Å²) in [5.41, 5.74) is 3.91. The zero-order valence-corrected chi connectivity index (χ0v) is 20.5. The molecule has 2 aromatic heterocycles. The number of hydrogen-bond acceptors (Lipinski definition) is 5. The van der Waals surface area contributed by atoms with E-state index < -0.39 is 11.1 Å². The van der Waals surface area contributed by atoms with Crippen LogP contribution in [0.4, 0.5) is 0 Å². The van der Waals surface area contributed by atoms with E-state index in [4.69, 9.17) is 4.98 Å². The summed E-state index contributed by atoms with van der Waals surface area (Å²) < 4.78 is 10.9. The van der Waals surface area contributed by atoms with Crippen LogP contribution in [-0.4, -0.2) is 23.4 Å². The summed E-state index contributed by atoms with van der Waals surface area (Å²) in [6.45, 7) is 1.77. The van der Waals surface area contributed by atoms with Crippen LogP contribution >= 0.6 is 11.7 Å². The van der Waals surface area contributed by atoms with Gasteiger partial charge in [0.25, 0.3) is 0 Å². The monoisotopic (exact) mass is 488 g/mol. The molecule has 6 rings (SSSR count). The van der Waals surface area contributed by atoms with Gasteiger partial charge in [-0.15, -0.1) is 0 Å². The summed E-state index contributed by atoms with van der Waals surface area (Å²) >= 11 is 1.14. The average Bonchev–Trinajstić information content (AvgIpc) is 3.62. The fraction of sp³-hybridized carbons (Fsp3) is 0.100. The smallest absolute Gasteiger partial charge is 0.132 e. The van der Waals surface area contributed by atoms with Gasteiger partial charge in [-0.2, -0.15) is 8.75 Å². The molecule has 4 aromatic carbocycles. The summed E-state index contributed by atoms with van der Waals surface area (Å²) in [7, 11) is 0. The third-order valence-electron chi connectivity index (χ3n) is 6.85. The second-order valence-corrected chi connectivity index (χ2v) is 9.51. The minimum Gasteiger partial charge on any atom is -0.379 e. The summed E-state index contributed by atoms with van der Waals surface area (Å²) in [5, 5.41) is 11.8. The van der Waals surface area contributed by atoms with Crippen LogP contribution in [0.15, 0.2) is 122 Å². The first-order valence-electron chi connectivity index (χ1n) is 11.8. The van der Waals surface area contributed by atoms with Crippen LogP contribution in [0.2, 0.25) is 0 Å². The largest absolute Gasteiger partial charge is 0.379 e. The molecule has 0 saturated heterocycles. The number of nitrogens with zero attached hydrogens (tertiary/aromatic N) is 4. The van der Waals surface area contributed by atoms with Gasteiger partial charge >= 0.3 is 0 Å². The van der Waals surface area contributed by atoms with E-state index in [1.165, 1.54) is 0 Å². The predicted molar refractivity (Wildman–Crippen MR) is 143 cm³/mol. The van der Waals surface area contributed by atoms with Gasteiger partial charge in [0.2, 0.25) is 0 Å². The molecule has 176 valence electrons. The van der Waals surface area contributed by atoms with E-state index >= 15 is 0 Å². The standard InChI is InChI=1S/C30H24N4OS/c1-29(35,25-18-11-19-26-28(25)33-36-32-26)27-20-34(21-31-27)30(22-12-5-2-6-13-22,23-14-7-3-8-15-23)24-16-9-4-10-17-24/h2-21,35H,1H3. The maximum atomic E-state index is 11.8. The Labute approximate surface area is 213 Å². The van der Waals surface area contributed by atoms with Crippen molar-refractivity contribution in [3.8, 4) is 0 Å². The lowest BCUT2D eigenvalue weighted by Crippen LogP contribution is -2.37. The second kappa shape index (κ2) is 8.82. The van der Waals surface area contributed by atoms with Crippen molar-refractivity contribution in [1.29, 1.82) is 0 Å². The lowest BCUT2D eigenvalue weighted by Gasteiger charge is -2.37. The zero-order chi connectivity index (χ0) is 24.6. The van der Waals surface area contributed by atoms with Crippen LogP contribution in [-0.2, 0) is 11.1 Å². The third kappa shape index (κ3) is 3.46. The minimum atomic E-state index is -1.36. The Morgan fingerprint density at radius 1 is 0.694 bits per heavy atom. The van der Waals surface area contributed by atoms with E-state index in [1.54, 1.807) is 6.92 Å². The van der Waals surface area contributed by atoms with Crippen molar-refractivity contribution in [1.82, 2.24) is 18.3 Å². The molecule has 0 aliphatic heterocycles. The van der Waals surface area contributed by atoms with Gasteiger partial charge in [-0.1, -0.05) is 103 Å². The Bertz CT molecular complexity index is 1510. The lowest BCUT2D eigenvalue weighted by molar-refractivity contribution is 0.0991. The number of benzene rings is 4. The average molecular weight is 489 g/mol. The highest BCUT2D eigenvalue weighted by Gasteiger charge is 2.40. The van der Waals surface area contributed by atoms with Crippen molar-refractivity contribution in [2.24, 2.45) is 0 Å². The topological polar surface area (TPSA) is 63.8 Å². The SMILES string of the molecule is CC(O)(c1cn(C(c2ccccc2)(c2ccccc2)c2ccccc2)cn1)c1cccc2nsnc12. The van der Waals surface area contributed by atoms with Gasteiger partial charge in [-0.05, 0) is 29.7 Å². The first kappa shape index (κ1) is 22.3. The minimum absolute atomic E-state index is 0.537. The molecule has 0 aliphatic carbocycles. The number of aromatic nitrogens is 4. The van der Waals surface area contributed by atoms with Crippen molar-refractivity contribution in [3.05, 3.63) is 150 Å². The molecular weight excluding hydrogens is 464 g/mol. The van der Waals surface area contributed by atoms with E-state index in [1.807, 2.05) is 48.9 Å². The van der Waals surface area contributed by atoms with E-state index in [2.05, 4.69) is 86.1 Å². The van der Waals surface area contributed by atoms with Crippen molar-refractivity contribution in [2.45, 2.75) is 18.1 Å². The van der Waals surface area contributed by atoms with Crippen LogP contribution in [0.25, 0.3) is 11.0 Å². The maximum absolute atomic E-state index is 11.8. The molecule has 5 nitrogen and oxygen atoms in total. The molecule has 1 atom stereocenters. The molecular formula is C30H24N4OS. The Morgan fingerprint density at radius 3 is 1.81 bits per heavy atom. The summed E-state index contributed by atoms with van der Waals surface area (Å²) in [5.74, 6) is 0. The second-order valence-electron chi connectivity index (χ2n) is 8.98. The molecule has 2 heterocycles. The van der Waals surface area contributed by atoms with Gasteiger partial charge in [-0.25, -0.2) is 4.98 Å². The molecule has 0 aliphatic rings. The number of aliphatic hydroxyl groups is 1. The molecule has 1 N–H and O–H groups in total. The molecule has 1 unspecified atom stereocenters. The Balaban J connectivity index is 1.61. The van der Waals surface area contributed by atoms with Crippen molar-refractivity contribution in [2.75, 3.05) is 0 Å². The van der Waals surface area contributed by atoms with Gasteiger partial charge < -0.3 is 9.67 Å². The summed E-state index contributed by atoms with van der Waals surface area (Å²) in [4.78, 5) is 4.77. The maximum Gasteiger partial charge on any atom is 0.132 e. The highest BCUT2D eigenvalue weighted by atomic mass is 32.1. The van der Waals surface area contributed by atoms with Gasteiger partial charge in [-0.3, -0.25) is 0 Å². The van der Waals surface area contributed by atoms with Gasteiger partial charge in [0.15, 0.2) is 0 Å². The first-order chi connectivity index (χ1) is 17.6. The Kier molecular flexibility index (Phi) is 5.48. The molecule has 0 fully saturated rings. The van der Waals surface area contributed by atoms with Crippen LogP contribution < -0.4 is 0 Å². The van der Waals surface area contributed by atoms with Crippen LogP contribution in [0.3, 0.4) is 0 Å². The normalized spacial score (nSPS) is 13.5. The zero-order valence-electron chi connectivity index (χ0n) is 19.7. The van der Waals surface area contributed by atoms with E-state index in [9.17, 15) is 5.11 Å². The quantitative estimate of drug-likeness (QED) is 0.293. The van der Waals surface area contributed by atoms with Crippen molar-refractivity contribution >= 4 is 22.8 Å². The number of fused-ring (bicyclic) bond motifs is 1. The van der Waals surface area contributed by atoms with E-state index in [-0.39, 0.29) is 0 Å². The highest BCUT2D eigenvalue weighted by molar-refractivity contribution is 7.00. The fourth-order valence-corrected chi connectivity index (χ4v) is 5.63. The molecule has 0 amide bonds. The van der Waals surface area contributed by atoms with Crippen molar-refractivity contribution < 1.29 is 5.11 Å². The molecule has 0 radical (unpaired) electrons. The highest BCUT2D eigenvalue weighted by Crippen LogP contribution is 2.42. The molecule has 6 heteroatoms. The van der Waals surface area contributed by atoms with Crippen LogP contribution in [0.1, 0.15) is 34.9 Å². The fourth-order valence-electron chi connectivity index (χ4n) is 5.08. The predicted octanol–water partition coefficient (Wildman–Crippen LogP) is 5.98. The Hall–Kier alpha value is -4.13. The molecule has 0 saturated carbocycles. The molecule has 0 spiro atoms. The Morgan fingerprint density at radius 2 is 1.25 bits per heavy atom. The number of imidazole rings is 1. The van der Waals surface area contributed by atoms with Crippen molar-refractivity contribution in [3.63, 3.8) is 0 Å². The summed E-state index contributed by atoms with van der Waals surface area (Å²) in [6, 6.07) is 36.9. The van der Waals surface area contributed by atoms with Gasteiger partial charge in [0.1, 0.15) is 22.2 Å². The molecule has 6 aromatic rings. The van der Waals surface area contributed by atoms with Crippen LogP contribution in [0, 0.1) is 0 Å². The lowest BCUT2D eigenvalue weighted by atomic mass is 9.76. The first-order valence-corrected chi connectivity index (χ1v) is 12.5.